The summed E-state index contributed by atoms with van der Waals surface area (Å²) in [5.41, 5.74) is 1.62. The second-order valence-corrected chi connectivity index (χ2v) is 13.0. The SMILES string of the molecule is CC(C)CN(Cc1cc(-c2cccc(S(C)(=O)=O)c2)cs1)S(=O)(=O)c1ccccc1Cl. The molecular weight excluding hydrogens is 474 g/mol. The molecule has 1 heterocycles. The van der Waals surface area contributed by atoms with Crippen LogP contribution in [0.25, 0.3) is 11.1 Å². The molecule has 0 saturated heterocycles. The fourth-order valence-corrected chi connectivity index (χ4v) is 6.87. The summed E-state index contributed by atoms with van der Waals surface area (Å²) in [4.78, 5) is 1.20. The molecule has 5 nitrogen and oxygen atoms in total. The molecule has 0 aliphatic rings. The minimum atomic E-state index is -3.78. The lowest BCUT2D eigenvalue weighted by atomic mass is 10.1. The van der Waals surface area contributed by atoms with Gasteiger partial charge >= 0.3 is 0 Å². The number of hydrogen-bond acceptors (Lipinski definition) is 5. The highest BCUT2D eigenvalue weighted by Gasteiger charge is 2.28. The van der Waals surface area contributed by atoms with Crippen LogP contribution in [0.2, 0.25) is 5.02 Å². The third kappa shape index (κ3) is 5.75. The van der Waals surface area contributed by atoms with Crippen LogP contribution in [0.15, 0.2) is 69.8 Å². The van der Waals surface area contributed by atoms with E-state index in [0.29, 0.717) is 6.54 Å². The third-order valence-electron chi connectivity index (χ3n) is 4.60. The molecule has 0 aliphatic heterocycles. The van der Waals surface area contributed by atoms with Crippen molar-refractivity contribution in [3.8, 4) is 11.1 Å². The molecule has 9 heteroatoms. The van der Waals surface area contributed by atoms with Gasteiger partial charge in [0.15, 0.2) is 9.84 Å². The van der Waals surface area contributed by atoms with Gasteiger partial charge in [-0.25, -0.2) is 16.8 Å². The third-order valence-corrected chi connectivity index (χ3v) is 8.95. The average Bonchev–Trinajstić information content (AvgIpc) is 3.15. The summed E-state index contributed by atoms with van der Waals surface area (Å²) >= 11 is 7.62. The van der Waals surface area contributed by atoms with E-state index in [9.17, 15) is 16.8 Å². The molecule has 0 amide bonds. The van der Waals surface area contributed by atoms with Gasteiger partial charge in [0.2, 0.25) is 10.0 Å². The summed E-state index contributed by atoms with van der Waals surface area (Å²) in [7, 11) is -7.09. The van der Waals surface area contributed by atoms with Gasteiger partial charge in [-0.2, -0.15) is 4.31 Å². The fraction of sp³-hybridized carbons (Fsp3) is 0.273. The van der Waals surface area contributed by atoms with Crippen molar-refractivity contribution in [1.29, 1.82) is 0 Å². The Balaban J connectivity index is 1.93. The molecule has 0 radical (unpaired) electrons. The Kier molecular flexibility index (Phi) is 7.28. The molecule has 3 rings (SSSR count). The van der Waals surface area contributed by atoms with Crippen LogP contribution < -0.4 is 0 Å². The molecule has 0 bridgehead atoms. The van der Waals surface area contributed by atoms with Gasteiger partial charge in [-0.15, -0.1) is 11.3 Å². The van der Waals surface area contributed by atoms with Crippen molar-refractivity contribution in [3.05, 3.63) is 69.9 Å². The van der Waals surface area contributed by atoms with Gasteiger partial charge in [0.1, 0.15) is 4.90 Å². The van der Waals surface area contributed by atoms with Crippen LogP contribution in [0.5, 0.6) is 0 Å². The van der Waals surface area contributed by atoms with Crippen LogP contribution in [0.4, 0.5) is 0 Å². The Hall–Kier alpha value is -1.71. The first-order valence-electron chi connectivity index (χ1n) is 9.61. The Morgan fingerprint density at radius 1 is 0.968 bits per heavy atom. The number of sulfone groups is 1. The van der Waals surface area contributed by atoms with Crippen LogP contribution in [0.3, 0.4) is 0 Å². The number of nitrogens with zero attached hydrogens (tertiary/aromatic N) is 1. The second-order valence-electron chi connectivity index (χ2n) is 7.72. The number of rotatable bonds is 8. The minimum Gasteiger partial charge on any atom is -0.224 e. The first-order chi connectivity index (χ1) is 14.5. The molecule has 1 aromatic heterocycles. The predicted molar refractivity (Wildman–Crippen MR) is 127 cm³/mol. The molecule has 0 fully saturated rings. The molecule has 2 aromatic carbocycles. The molecule has 0 saturated carbocycles. The highest BCUT2D eigenvalue weighted by molar-refractivity contribution is 7.90. The quantitative estimate of drug-likeness (QED) is 0.422. The van der Waals surface area contributed by atoms with E-state index in [2.05, 4.69) is 0 Å². The molecule has 3 aromatic rings. The maximum Gasteiger partial charge on any atom is 0.244 e. The molecule has 31 heavy (non-hydrogen) atoms. The van der Waals surface area contributed by atoms with Crippen LogP contribution in [0.1, 0.15) is 18.7 Å². The lowest BCUT2D eigenvalue weighted by molar-refractivity contribution is 0.364. The van der Waals surface area contributed by atoms with E-state index in [4.69, 9.17) is 11.6 Å². The molecule has 0 N–H and O–H groups in total. The van der Waals surface area contributed by atoms with Crippen LogP contribution >= 0.6 is 22.9 Å². The summed E-state index contributed by atoms with van der Waals surface area (Å²) in [5, 5.41) is 2.10. The van der Waals surface area contributed by atoms with Crippen molar-refractivity contribution in [2.75, 3.05) is 12.8 Å². The minimum absolute atomic E-state index is 0.0925. The number of benzene rings is 2. The van der Waals surface area contributed by atoms with E-state index >= 15 is 0 Å². The van der Waals surface area contributed by atoms with E-state index in [-0.39, 0.29) is 27.3 Å². The van der Waals surface area contributed by atoms with E-state index in [1.807, 2.05) is 31.4 Å². The van der Waals surface area contributed by atoms with Crippen LogP contribution in [-0.2, 0) is 26.4 Å². The zero-order valence-corrected chi connectivity index (χ0v) is 20.7. The Morgan fingerprint density at radius 3 is 2.32 bits per heavy atom. The number of hydrogen-bond donors (Lipinski definition) is 0. The lowest BCUT2D eigenvalue weighted by Crippen LogP contribution is -2.33. The van der Waals surface area contributed by atoms with Crippen molar-refractivity contribution in [2.24, 2.45) is 5.92 Å². The van der Waals surface area contributed by atoms with Gasteiger partial charge < -0.3 is 0 Å². The monoisotopic (exact) mass is 497 g/mol. The van der Waals surface area contributed by atoms with E-state index in [1.165, 1.54) is 28.0 Å². The van der Waals surface area contributed by atoms with Crippen molar-refractivity contribution in [3.63, 3.8) is 0 Å². The Bertz CT molecular complexity index is 1280. The van der Waals surface area contributed by atoms with Gasteiger partial charge in [-0.05, 0) is 52.8 Å². The summed E-state index contributed by atoms with van der Waals surface area (Å²) in [6.07, 6.45) is 1.18. The van der Waals surface area contributed by atoms with Crippen molar-refractivity contribution in [1.82, 2.24) is 4.31 Å². The van der Waals surface area contributed by atoms with Crippen molar-refractivity contribution >= 4 is 42.8 Å². The Labute approximate surface area is 193 Å². The summed E-state index contributed by atoms with van der Waals surface area (Å²) < 4.78 is 51.8. The average molecular weight is 498 g/mol. The van der Waals surface area contributed by atoms with E-state index < -0.39 is 19.9 Å². The lowest BCUT2D eigenvalue weighted by Gasteiger charge is -2.24. The standard InChI is InChI=1S/C22H24ClNO4S3/c1-16(2)13-24(31(27,28)22-10-5-4-9-21(22)23)14-19-11-18(15-29-19)17-7-6-8-20(12-17)30(3,25)26/h4-12,15-16H,13-14H2,1-3H3. The zero-order chi connectivity index (χ0) is 22.8. The van der Waals surface area contributed by atoms with Gasteiger partial charge in [0.25, 0.3) is 0 Å². The topological polar surface area (TPSA) is 71.5 Å². The number of halogens is 1. The number of thiophene rings is 1. The zero-order valence-electron chi connectivity index (χ0n) is 17.4. The molecule has 0 unspecified atom stereocenters. The summed E-state index contributed by atoms with van der Waals surface area (Å²) in [6, 6.07) is 15.1. The van der Waals surface area contributed by atoms with Gasteiger partial charge in [-0.1, -0.05) is 49.7 Å². The normalized spacial score (nSPS) is 12.6. The van der Waals surface area contributed by atoms with Crippen molar-refractivity contribution in [2.45, 2.75) is 30.2 Å². The molecule has 166 valence electrons. The molecule has 0 spiro atoms. The van der Waals surface area contributed by atoms with Gasteiger partial charge in [-0.3, -0.25) is 0 Å². The van der Waals surface area contributed by atoms with E-state index in [1.54, 1.807) is 36.4 Å². The van der Waals surface area contributed by atoms with Crippen molar-refractivity contribution < 1.29 is 16.8 Å². The molecular formula is C22H24ClNO4S3. The van der Waals surface area contributed by atoms with Gasteiger partial charge in [0.05, 0.1) is 9.92 Å². The first-order valence-corrected chi connectivity index (χ1v) is 14.2. The Morgan fingerprint density at radius 2 is 1.68 bits per heavy atom. The highest BCUT2D eigenvalue weighted by atomic mass is 35.5. The number of sulfonamides is 1. The second kappa shape index (κ2) is 9.42. The highest BCUT2D eigenvalue weighted by Crippen LogP contribution is 2.31. The fourth-order valence-electron chi connectivity index (χ4n) is 3.14. The predicted octanol–water partition coefficient (Wildman–Crippen LogP) is 5.32. The maximum atomic E-state index is 13.3. The van der Waals surface area contributed by atoms with Crippen LogP contribution in [0, 0.1) is 5.92 Å². The summed E-state index contributed by atoms with van der Waals surface area (Å²) in [5.74, 6) is 0.128. The maximum absolute atomic E-state index is 13.3. The van der Waals surface area contributed by atoms with E-state index in [0.717, 1.165) is 16.0 Å². The van der Waals surface area contributed by atoms with Gasteiger partial charge in [0, 0.05) is 24.2 Å². The molecule has 0 aliphatic carbocycles. The smallest absolute Gasteiger partial charge is 0.224 e. The molecule has 0 atom stereocenters. The largest absolute Gasteiger partial charge is 0.244 e. The van der Waals surface area contributed by atoms with Crippen LogP contribution in [-0.4, -0.2) is 33.9 Å². The first kappa shape index (κ1) is 23.9. The summed E-state index contributed by atoms with van der Waals surface area (Å²) in [6.45, 7) is 4.49.